The highest BCUT2D eigenvalue weighted by atomic mass is 32.1. The van der Waals surface area contributed by atoms with Crippen LogP contribution in [-0.4, -0.2) is 18.1 Å². The van der Waals surface area contributed by atoms with Gasteiger partial charge in [-0.05, 0) is 12.8 Å². The number of hydrogen-bond acceptors (Lipinski definition) is 3. The molecule has 3 heteroatoms. The fraction of sp³-hybridized carbons (Fsp3) is 0.842. The third kappa shape index (κ3) is 7.13. The molecular formula is C19H36N2S. The van der Waals surface area contributed by atoms with Crippen LogP contribution in [0.25, 0.3) is 0 Å². The summed E-state index contributed by atoms with van der Waals surface area (Å²) < 4.78 is 0. The second-order valence-corrected chi connectivity index (χ2v) is 8.21. The molecule has 0 saturated heterocycles. The fourth-order valence-electron chi connectivity index (χ4n) is 2.52. The summed E-state index contributed by atoms with van der Waals surface area (Å²) in [5.74, 6) is 0. The maximum Gasteiger partial charge on any atom is 0.185 e. The zero-order valence-electron chi connectivity index (χ0n) is 15.5. The summed E-state index contributed by atoms with van der Waals surface area (Å²) in [6, 6.07) is 0. The van der Waals surface area contributed by atoms with Gasteiger partial charge in [0.1, 0.15) is 0 Å². The molecule has 0 spiro atoms. The molecule has 0 radical (unpaired) electrons. The van der Waals surface area contributed by atoms with Crippen molar-refractivity contribution >= 4 is 16.5 Å². The second kappa shape index (κ2) is 10.3. The van der Waals surface area contributed by atoms with Crippen molar-refractivity contribution in [2.45, 2.75) is 91.4 Å². The van der Waals surface area contributed by atoms with E-state index in [0.717, 1.165) is 0 Å². The van der Waals surface area contributed by atoms with E-state index in [1.54, 1.807) is 0 Å². The summed E-state index contributed by atoms with van der Waals surface area (Å²) in [4.78, 5) is 7.46. The minimum atomic E-state index is 0.158. The summed E-state index contributed by atoms with van der Waals surface area (Å²) in [7, 11) is 0. The lowest BCUT2D eigenvalue weighted by atomic mass is 9.93. The molecule has 0 amide bonds. The van der Waals surface area contributed by atoms with Crippen LogP contribution in [0.15, 0.2) is 5.38 Å². The molecule has 1 heterocycles. The molecule has 0 bridgehead atoms. The highest BCUT2D eigenvalue weighted by Crippen LogP contribution is 2.29. The molecule has 22 heavy (non-hydrogen) atoms. The second-order valence-electron chi connectivity index (χ2n) is 7.37. The molecule has 0 aliphatic heterocycles. The summed E-state index contributed by atoms with van der Waals surface area (Å²) in [6.45, 7) is 13.6. The van der Waals surface area contributed by atoms with Crippen molar-refractivity contribution in [1.29, 1.82) is 0 Å². The van der Waals surface area contributed by atoms with Crippen LogP contribution in [0, 0.1) is 0 Å². The van der Waals surface area contributed by atoms with Gasteiger partial charge in [-0.2, -0.15) is 0 Å². The van der Waals surface area contributed by atoms with Gasteiger partial charge in [0, 0.05) is 23.9 Å². The Morgan fingerprint density at radius 2 is 1.45 bits per heavy atom. The average Bonchev–Trinajstić information content (AvgIpc) is 2.95. The third-order valence-electron chi connectivity index (χ3n) is 4.09. The lowest BCUT2D eigenvalue weighted by Crippen LogP contribution is -2.26. The van der Waals surface area contributed by atoms with Gasteiger partial charge in [-0.3, -0.25) is 0 Å². The van der Waals surface area contributed by atoms with Gasteiger partial charge in [0.25, 0.3) is 0 Å². The molecule has 1 aromatic rings. The zero-order chi connectivity index (χ0) is 16.4. The molecular weight excluding hydrogens is 288 g/mol. The van der Waals surface area contributed by atoms with Crippen LogP contribution < -0.4 is 4.90 Å². The molecule has 1 rings (SSSR count). The Balaban J connectivity index is 2.60. The maximum absolute atomic E-state index is 4.92. The van der Waals surface area contributed by atoms with Crippen LogP contribution in [0.4, 0.5) is 5.13 Å². The van der Waals surface area contributed by atoms with Gasteiger partial charge >= 0.3 is 0 Å². The van der Waals surface area contributed by atoms with Gasteiger partial charge < -0.3 is 4.90 Å². The van der Waals surface area contributed by atoms with Gasteiger partial charge in [-0.1, -0.05) is 73.1 Å². The summed E-state index contributed by atoms with van der Waals surface area (Å²) in [5.41, 5.74) is 1.39. The molecule has 1 aromatic heterocycles. The van der Waals surface area contributed by atoms with Crippen molar-refractivity contribution in [2.24, 2.45) is 0 Å². The van der Waals surface area contributed by atoms with E-state index in [1.807, 2.05) is 11.3 Å². The molecule has 0 unspecified atom stereocenters. The lowest BCUT2D eigenvalue weighted by molar-refractivity contribution is 0.569. The molecule has 0 N–H and O–H groups in total. The van der Waals surface area contributed by atoms with Gasteiger partial charge in [0.15, 0.2) is 5.13 Å². The number of rotatable bonds is 11. The minimum Gasteiger partial charge on any atom is -0.348 e. The molecule has 0 aliphatic carbocycles. The van der Waals surface area contributed by atoms with E-state index >= 15 is 0 Å². The number of unbranched alkanes of at least 4 members (excludes halogenated alkanes) is 6. The van der Waals surface area contributed by atoms with E-state index < -0.39 is 0 Å². The van der Waals surface area contributed by atoms with Gasteiger partial charge in [0.2, 0.25) is 0 Å². The molecule has 0 atom stereocenters. The van der Waals surface area contributed by atoms with E-state index in [1.165, 1.54) is 75.3 Å². The standard InChI is InChI=1S/C19H36N2S/c1-6-8-10-12-14-21(15-13-11-9-7-2)18-20-17(16-22-18)19(3,4)5/h16H,6-15H2,1-5H3. The summed E-state index contributed by atoms with van der Waals surface area (Å²) in [5, 5.41) is 3.48. The van der Waals surface area contributed by atoms with Gasteiger partial charge in [-0.15, -0.1) is 11.3 Å². The van der Waals surface area contributed by atoms with E-state index in [4.69, 9.17) is 4.98 Å². The third-order valence-corrected chi connectivity index (χ3v) is 5.00. The first-order chi connectivity index (χ1) is 10.5. The Labute approximate surface area is 142 Å². The highest BCUT2D eigenvalue weighted by Gasteiger charge is 2.19. The predicted octanol–water partition coefficient (Wildman–Crippen LogP) is 6.41. The molecule has 0 aromatic carbocycles. The van der Waals surface area contributed by atoms with Crippen LogP contribution in [0.1, 0.15) is 91.7 Å². The summed E-state index contributed by atoms with van der Waals surface area (Å²) in [6.07, 6.45) is 10.6. The van der Waals surface area contributed by atoms with Crippen LogP contribution in [0.2, 0.25) is 0 Å². The Kier molecular flexibility index (Phi) is 9.08. The number of thiazole rings is 1. The van der Waals surface area contributed by atoms with Gasteiger partial charge in [0.05, 0.1) is 5.69 Å². The monoisotopic (exact) mass is 324 g/mol. The molecule has 128 valence electrons. The van der Waals surface area contributed by atoms with Crippen LogP contribution >= 0.6 is 11.3 Å². The maximum atomic E-state index is 4.92. The first-order valence-electron chi connectivity index (χ1n) is 9.20. The topological polar surface area (TPSA) is 16.1 Å². The minimum absolute atomic E-state index is 0.158. The Hall–Kier alpha value is -0.570. The lowest BCUT2D eigenvalue weighted by Gasteiger charge is -2.22. The van der Waals surface area contributed by atoms with Crippen molar-refractivity contribution in [1.82, 2.24) is 4.98 Å². The van der Waals surface area contributed by atoms with Crippen molar-refractivity contribution in [3.05, 3.63) is 11.1 Å². The van der Waals surface area contributed by atoms with E-state index in [9.17, 15) is 0 Å². The van der Waals surface area contributed by atoms with Crippen LogP contribution in [0.5, 0.6) is 0 Å². The molecule has 2 nitrogen and oxygen atoms in total. The normalized spacial score (nSPS) is 11.9. The fourth-order valence-corrected chi connectivity index (χ4v) is 3.62. The van der Waals surface area contributed by atoms with E-state index in [0.29, 0.717) is 0 Å². The quantitative estimate of drug-likeness (QED) is 0.437. The van der Waals surface area contributed by atoms with Crippen molar-refractivity contribution in [2.75, 3.05) is 18.0 Å². The molecule has 0 aliphatic rings. The SMILES string of the molecule is CCCCCCN(CCCCCC)c1nc(C(C)(C)C)cs1. The summed E-state index contributed by atoms with van der Waals surface area (Å²) >= 11 is 1.83. The zero-order valence-corrected chi connectivity index (χ0v) is 16.3. The molecule has 0 fully saturated rings. The number of hydrogen-bond donors (Lipinski definition) is 0. The Morgan fingerprint density at radius 1 is 0.909 bits per heavy atom. The largest absolute Gasteiger partial charge is 0.348 e. The van der Waals surface area contributed by atoms with Crippen molar-refractivity contribution in [3.8, 4) is 0 Å². The van der Waals surface area contributed by atoms with Crippen LogP contribution in [0.3, 0.4) is 0 Å². The first kappa shape index (κ1) is 19.5. The van der Waals surface area contributed by atoms with E-state index in [2.05, 4.69) is 44.9 Å². The Morgan fingerprint density at radius 3 is 1.86 bits per heavy atom. The van der Waals surface area contributed by atoms with E-state index in [-0.39, 0.29) is 5.41 Å². The van der Waals surface area contributed by atoms with Crippen molar-refractivity contribution in [3.63, 3.8) is 0 Å². The number of anilines is 1. The van der Waals surface area contributed by atoms with Crippen LogP contribution in [-0.2, 0) is 5.41 Å². The van der Waals surface area contributed by atoms with Crippen molar-refractivity contribution < 1.29 is 0 Å². The predicted molar refractivity (Wildman–Crippen MR) is 101 cm³/mol. The smallest absolute Gasteiger partial charge is 0.185 e. The average molecular weight is 325 g/mol. The highest BCUT2D eigenvalue weighted by molar-refractivity contribution is 7.13. The molecule has 0 saturated carbocycles. The first-order valence-corrected chi connectivity index (χ1v) is 10.1. The van der Waals surface area contributed by atoms with Gasteiger partial charge in [-0.25, -0.2) is 4.98 Å². The number of nitrogens with zero attached hydrogens (tertiary/aromatic N) is 2. The Bertz CT molecular complexity index is 380. The number of aromatic nitrogens is 1.